The van der Waals surface area contributed by atoms with Gasteiger partial charge in [0.05, 0.1) is 6.54 Å². The van der Waals surface area contributed by atoms with Gasteiger partial charge in [0.15, 0.2) is 0 Å². The summed E-state index contributed by atoms with van der Waals surface area (Å²) in [6.45, 7) is 3.26. The molecule has 2 fully saturated rings. The average Bonchev–Trinajstić information content (AvgIpc) is 3.02. The Hall–Kier alpha value is -1.32. The van der Waals surface area contributed by atoms with Gasteiger partial charge in [0, 0.05) is 24.5 Å². The highest BCUT2D eigenvalue weighted by molar-refractivity contribution is 5.77. The lowest BCUT2D eigenvalue weighted by atomic mass is 9.78. The molecule has 4 rings (SSSR count). The maximum absolute atomic E-state index is 6.29. The van der Waals surface area contributed by atoms with Crippen LogP contribution in [0.5, 0.6) is 0 Å². The molecular weight excluding hydrogens is 248 g/mol. The van der Waals surface area contributed by atoms with Crippen LogP contribution >= 0.6 is 0 Å². The van der Waals surface area contributed by atoms with Gasteiger partial charge in [-0.15, -0.1) is 0 Å². The third-order valence-electron chi connectivity index (χ3n) is 5.09. The van der Waals surface area contributed by atoms with Crippen molar-refractivity contribution >= 4 is 11.0 Å². The fraction of sp³-hybridized carbons (Fsp3) is 0.529. The van der Waals surface area contributed by atoms with Crippen molar-refractivity contribution in [2.75, 3.05) is 13.1 Å². The zero-order valence-electron chi connectivity index (χ0n) is 11.8. The minimum atomic E-state index is 0.412. The van der Waals surface area contributed by atoms with Crippen LogP contribution < -0.4 is 5.73 Å². The highest BCUT2D eigenvalue weighted by Crippen LogP contribution is 2.36. The molecule has 3 unspecified atom stereocenters. The van der Waals surface area contributed by atoms with E-state index in [1.807, 2.05) is 12.1 Å². The fourth-order valence-electron chi connectivity index (χ4n) is 4.07. The van der Waals surface area contributed by atoms with Crippen molar-refractivity contribution in [2.45, 2.75) is 31.8 Å². The number of hydrogen-bond donors (Lipinski definition) is 1. The van der Waals surface area contributed by atoms with Gasteiger partial charge < -0.3 is 10.2 Å². The maximum Gasteiger partial charge on any atom is 0.134 e. The third kappa shape index (κ3) is 2.15. The SMILES string of the molecule is NC1CCCC2CN(Cc3cc4ccccc4o3)CC12. The molecule has 0 spiro atoms. The van der Waals surface area contributed by atoms with Crippen molar-refractivity contribution in [3.63, 3.8) is 0 Å². The van der Waals surface area contributed by atoms with Crippen LogP contribution in [-0.2, 0) is 6.54 Å². The second-order valence-electron chi connectivity index (χ2n) is 6.46. The Labute approximate surface area is 119 Å². The molecule has 1 aliphatic heterocycles. The fourth-order valence-corrected chi connectivity index (χ4v) is 4.07. The van der Waals surface area contributed by atoms with Gasteiger partial charge in [0.1, 0.15) is 11.3 Å². The molecular formula is C17H22N2O. The molecule has 1 saturated carbocycles. The Bertz CT molecular complexity index is 573. The van der Waals surface area contributed by atoms with Crippen molar-refractivity contribution in [1.82, 2.24) is 4.90 Å². The lowest BCUT2D eigenvalue weighted by Crippen LogP contribution is -2.38. The second kappa shape index (κ2) is 4.90. The van der Waals surface area contributed by atoms with Crippen molar-refractivity contribution in [3.8, 4) is 0 Å². The monoisotopic (exact) mass is 270 g/mol. The van der Waals surface area contributed by atoms with E-state index in [0.29, 0.717) is 12.0 Å². The van der Waals surface area contributed by atoms with E-state index in [1.54, 1.807) is 0 Å². The number of rotatable bonds is 2. The van der Waals surface area contributed by atoms with Gasteiger partial charge in [-0.2, -0.15) is 0 Å². The summed E-state index contributed by atoms with van der Waals surface area (Å²) in [4.78, 5) is 2.53. The summed E-state index contributed by atoms with van der Waals surface area (Å²) in [5.74, 6) is 2.59. The molecule has 0 amide bonds. The standard InChI is InChI=1S/C17H22N2O/c18-16-6-3-5-13-9-19(11-15(13)16)10-14-8-12-4-1-2-7-17(12)20-14/h1-2,4,7-8,13,15-16H,3,5-6,9-11,18H2. The first-order valence-electron chi connectivity index (χ1n) is 7.75. The summed E-state index contributed by atoms with van der Waals surface area (Å²) in [6, 6.07) is 10.8. The van der Waals surface area contributed by atoms with E-state index in [2.05, 4.69) is 23.1 Å². The molecule has 1 aliphatic carbocycles. The van der Waals surface area contributed by atoms with Crippen molar-refractivity contribution in [1.29, 1.82) is 0 Å². The molecule has 2 aliphatic rings. The van der Waals surface area contributed by atoms with Gasteiger partial charge in [0.2, 0.25) is 0 Å². The van der Waals surface area contributed by atoms with Crippen molar-refractivity contribution in [2.24, 2.45) is 17.6 Å². The molecule has 3 atom stereocenters. The first kappa shape index (κ1) is 12.4. The number of hydrogen-bond acceptors (Lipinski definition) is 3. The third-order valence-corrected chi connectivity index (χ3v) is 5.09. The lowest BCUT2D eigenvalue weighted by molar-refractivity contribution is 0.258. The Morgan fingerprint density at radius 3 is 2.95 bits per heavy atom. The van der Waals surface area contributed by atoms with Crippen LogP contribution in [-0.4, -0.2) is 24.0 Å². The molecule has 2 N–H and O–H groups in total. The highest BCUT2D eigenvalue weighted by atomic mass is 16.3. The molecule has 1 aromatic heterocycles. The summed E-state index contributed by atoms with van der Waals surface area (Å²) >= 11 is 0. The molecule has 3 heteroatoms. The number of para-hydroxylation sites is 1. The van der Waals surface area contributed by atoms with Gasteiger partial charge >= 0.3 is 0 Å². The number of fused-ring (bicyclic) bond motifs is 2. The van der Waals surface area contributed by atoms with Gasteiger partial charge in [-0.3, -0.25) is 4.90 Å². The predicted molar refractivity (Wildman–Crippen MR) is 80.3 cm³/mol. The van der Waals surface area contributed by atoms with E-state index in [1.165, 1.54) is 31.2 Å². The van der Waals surface area contributed by atoms with Crippen LogP contribution in [0.3, 0.4) is 0 Å². The molecule has 1 aromatic carbocycles. The molecule has 0 bridgehead atoms. The maximum atomic E-state index is 6.29. The van der Waals surface area contributed by atoms with E-state index in [-0.39, 0.29) is 0 Å². The van der Waals surface area contributed by atoms with E-state index >= 15 is 0 Å². The Balaban J connectivity index is 1.49. The topological polar surface area (TPSA) is 42.4 Å². The summed E-state index contributed by atoms with van der Waals surface area (Å²) in [5.41, 5.74) is 7.28. The Kier molecular flexibility index (Phi) is 3.04. The van der Waals surface area contributed by atoms with Crippen molar-refractivity contribution in [3.05, 3.63) is 36.1 Å². The predicted octanol–water partition coefficient (Wildman–Crippen LogP) is 2.99. The number of nitrogens with zero attached hydrogens (tertiary/aromatic N) is 1. The Morgan fingerprint density at radius 2 is 2.10 bits per heavy atom. The van der Waals surface area contributed by atoms with E-state index in [4.69, 9.17) is 10.2 Å². The molecule has 20 heavy (non-hydrogen) atoms. The average molecular weight is 270 g/mol. The normalized spacial score (nSPS) is 30.8. The van der Waals surface area contributed by atoms with E-state index in [9.17, 15) is 0 Å². The quantitative estimate of drug-likeness (QED) is 0.912. The summed E-state index contributed by atoms with van der Waals surface area (Å²) < 4.78 is 5.94. The molecule has 2 heterocycles. The van der Waals surface area contributed by atoms with Crippen LogP contribution in [0.1, 0.15) is 25.0 Å². The van der Waals surface area contributed by atoms with Crippen LogP contribution in [0.4, 0.5) is 0 Å². The number of nitrogens with two attached hydrogens (primary N) is 1. The summed E-state index contributed by atoms with van der Waals surface area (Å²) in [7, 11) is 0. The first-order chi connectivity index (χ1) is 9.79. The molecule has 106 valence electrons. The van der Waals surface area contributed by atoms with Gasteiger partial charge in [-0.05, 0) is 36.8 Å². The zero-order valence-corrected chi connectivity index (χ0v) is 11.8. The molecule has 1 saturated heterocycles. The Morgan fingerprint density at radius 1 is 1.20 bits per heavy atom. The molecule has 2 aromatic rings. The summed E-state index contributed by atoms with van der Waals surface area (Å²) in [6.07, 6.45) is 3.87. The minimum absolute atomic E-state index is 0.412. The van der Waals surface area contributed by atoms with Gasteiger partial charge in [-0.1, -0.05) is 24.6 Å². The molecule has 0 radical (unpaired) electrons. The largest absolute Gasteiger partial charge is 0.460 e. The second-order valence-corrected chi connectivity index (χ2v) is 6.46. The smallest absolute Gasteiger partial charge is 0.134 e. The number of benzene rings is 1. The number of likely N-dealkylation sites (tertiary alicyclic amines) is 1. The van der Waals surface area contributed by atoms with E-state index < -0.39 is 0 Å². The van der Waals surface area contributed by atoms with Crippen LogP contribution in [0.25, 0.3) is 11.0 Å². The minimum Gasteiger partial charge on any atom is -0.460 e. The van der Waals surface area contributed by atoms with Gasteiger partial charge in [-0.25, -0.2) is 0 Å². The molecule has 3 nitrogen and oxygen atoms in total. The van der Waals surface area contributed by atoms with Gasteiger partial charge in [0.25, 0.3) is 0 Å². The van der Waals surface area contributed by atoms with Crippen LogP contribution in [0.2, 0.25) is 0 Å². The highest BCUT2D eigenvalue weighted by Gasteiger charge is 2.38. The first-order valence-corrected chi connectivity index (χ1v) is 7.75. The summed E-state index contributed by atoms with van der Waals surface area (Å²) in [5, 5.41) is 1.20. The van der Waals surface area contributed by atoms with Crippen LogP contribution in [0, 0.1) is 11.8 Å². The van der Waals surface area contributed by atoms with E-state index in [0.717, 1.165) is 30.4 Å². The van der Waals surface area contributed by atoms with Crippen molar-refractivity contribution < 1.29 is 4.42 Å². The lowest BCUT2D eigenvalue weighted by Gasteiger charge is -2.29. The van der Waals surface area contributed by atoms with Crippen LogP contribution in [0.15, 0.2) is 34.7 Å². The number of furan rings is 1. The zero-order chi connectivity index (χ0) is 13.5.